The van der Waals surface area contributed by atoms with Gasteiger partial charge >= 0.3 is 0 Å². The van der Waals surface area contributed by atoms with E-state index in [1.165, 1.54) is 27.9 Å². The van der Waals surface area contributed by atoms with Crippen molar-refractivity contribution in [1.29, 1.82) is 0 Å². The highest BCUT2D eigenvalue weighted by Gasteiger charge is 2.37. The highest BCUT2D eigenvalue weighted by Crippen LogP contribution is 2.43. The third-order valence-electron chi connectivity index (χ3n) is 5.39. The first-order valence-corrected chi connectivity index (χ1v) is 8.68. The van der Waals surface area contributed by atoms with Crippen LogP contribution in [0.2, 0.25) is 0 Å². The largest absolute Gasteiger partial charge is 0.497 e. The van der Waals surface area contributed by atoms with E-state index in [0.29, 0.717) is 0 Å². The second-order valence-electron chi connectivity index (χ2n) is 6.87. The molecule has 2 heteroatoms. The molecule has 0 fully saturated rings. The van der Waals surface area contributed by atoms with Gasteiger partial charge in [0.05, 0.1) is 12.5 Å². The Morgan fingerprint density at radius 2 is 1.88 bits per heavy atom. The Kier molecular flexibility index (Phi) is 3.76. The Hall–Kier alpha value is -2.74. The van der Waals surface area contributed by atoms with E-state index in [0.717, 1.165) is 12.2 Å². The highest BCUT2D eigenvalue weighted by molar-refractivity contribution is 5.64. The molecule has 2 aromatic carbocycles. The molecule has 0 amide bonds. The zero-order chi connectivity index (χ0) is 17.4. The lowest BCUT2D eigenvalue weighted by atomic mass is 9.68. The van der Waals surface area contributed by atoms with Crippen LogP contribution in [0.1, 0.15) is 27.9 Å². The number of methoxy groups -OCH3 is 1. The maximum absolute atomic E-state index is 5.42. The molecular weight excluding hydrogens is 306 g/mol. The smallest absolute Gasteiger partial charge is 0.119 e. The van der Waals surface area contributed by atoms with Crippen LogP contribution in [0.15, 0.2) is 66.9 Å². The fraction of sp³-hybridized carbons (Fsp3) is 0.217. The van der Waals surface area contributed by atoms with Gasteiger partial charge in [-0.25, -0.2) is 0 Å². The van der Waals surface area contributed by atoms with Gasteiger partial charge in [0.15, 0.2) is 0 Å². The van der Waals surface area contributed by atoms with Crippen molar-refractivity contribution in [3.05, 3.63) is 94.8 Å². The summed E-state index contributed by atoms with van der Waals surface area (Å²) < 4.78 is 7.66. The summed E-state index contributed by atoms with van der Waals surface area (Å²) in [6, 6.07) is 19.5. The number of ether oxygens (including phenoxy) is 1. The predicted octanol–water partition coefficient (Wildman–Crippen LogP) is 4.90. The van der Waals surface area contributed by atoms with Crippen LogP contribution in [0, 0.1) is 6.92 Å². The van der Waals surface area contributed by atoms with E-state index < -0.39 is 0 Å². The fourth-order valence-electron chi connectivity index (χ4n) is 4.14. The number of allylic oxidation sites excluding steroid dienone is 1. The summed E-state index contributed by atoms with van der Waals surface area (Å²) in [5.74, 6) is 0.906. The molecule has 0 N–H and O–H groups in total. The molecule has 25 heavy (non-hydrogen) atoms. The van der Waals surface area contributed by atoms with E-state index in [-0.39, 0.29) is 5.41 Å². The first kappa shape index (κ1) is 15.8. The number of hydrogen-bond donors (Lipinski definition) is 0. The van der Waals surface area contributed by atoms with E-state index in [1.807, 2.05) is 0 Å². The number of benzene rings is 2. The van der Waals surface area contributed by atoms with Crippen molar-refractivity contribution in [2.75, 3.05) is 7.11 Å². The van der Waals surface area contributed by atoms with Gasteiger partial charge in [-0.05, 0) is 59.9 Å². The van der Waals surface area contributed by atoms with E-state index in [1.54, 1.807) is 7.11 Å². The minimum atomic E-state index is -0.164. The summed E-state index contributed by atoms with van der Waals surface area (Å²) in [6.07, 6.45) is 7.74. The monoisotopic (exact) mass is 329 g/mol. The molecule has 1 aliphatic carbocycles. The van der Waals surface area contributed by atoms with Crippen molar-refractivity contribution in [2.45, 2.75) is 18.8 Å². The van der Waals surface area contributed by atoms with Crippen molar-refractivity contribution in [3.8, 4) is 5.75 Å². The summed E-state index contributed by atoms with van der Waals surface area (Å²) in [5.41, 5.74) is 6.44. The quantitative estimate of drug-likeness (QED) is 0.667. The van der Waals surface area contributed by atoms with Gasteiger partial charge in [-0.2, -0.15) is 0 Å². The molecule has 1 aromatic heterocycles. The maximum Gasteiger partial charge on any atom is 0.119 e. The van der Waals surface area contributed by atoms with Crippen molar-refractivity contribution in [3.63, 3.8) is 0 Å². The Morgan fingerprint density at radius 1 is 1.04 bits per heavy atom. The molecule has 0 bridgehead atoms. The molecule has 1 aliphatic rings. The molecule has 0 saturated heterocycles. The van der Waals surface area contributed by atoms with Crippen LogP contribution in [0.4, 0.5) is 0 Å². The molecule has 0 spiro atoms. The lowest BCUT2D eigenvalue weighted by Crippen LogP contribution is -2.33. The average Bonchev–Trinajstić information content (AvgIpc) is 3.07. The zero-order valence-electron chi connectivity index (χ0n) is 15.0. The Balaban J connectivity index is 1.95. The van der Waals surface area contributed by atoms with Crippen LogP contribution in [-0.2, 0) is 18.9 Å². The van der Waals surface area contributed by atoms with Gasteiger partial charge in [0.1, 0.15) is 5.75 Å². The topological polar surface area (TPSA) is 14.2 Å². The molecule has 0 saturated carbocycles. The van der Waals surface area contributed by atoms with Crippen LogP contribution < -0.4 is 4.74 Å². The zero-order valence-corrected chi connectivity index (χ0v) is 15.0. The molecular formula is C23H23NO. The normalized spacial score (nSPS) is 18.8. The Bertz CT molecular complexity index is 950. The van der Waals surface area contributed by atoms with Crippen LogP contribution in [0.25, 0.3) is 6.08 Å². The van der Waals surface area contributed by atoms with Gasteiger partial charge in [0, 0.05) is 18.9 Å². The number of fused-ring (bicyclic) bond motifs is 1. The van der Waals surface area contributed by atoms with Gasteiger partial charge in [0.25, 0.3) is 0 Å². The van der Waals surface area contributed by atoms with E-state index in [2.05, 4.69) is 91.5 Å². The van der Waals surface area contributed by atoms with E-state index >= 15 is 0 Å². The predicted molar refractivity (Wildman–Crippen MR) is 103 cm³/mol. The van der Waals surface area contributed by atoms with Crippen molar-refractivity contribution >= 4 is 6.08 Å². The van der Waals surface area contributed by atoms with Crippen LogP contribution >= 0.6 is 0 Å². The van der Waals surface area contributed by atoms with Gasteiger partial charge in [-0.1, -0.05) is 42.5 Å². The number of rotatable bonds is 3. The first-order chi connectivity index (χ1) is 12.1. The van der Waals surface area contributed by atoms with Crippen LogP contribution in [0.3, 0.4) is 0 Å². The minimum Gasteiger partial charge on any atom is -0.497 e. The number of nitrogens with zero attached hydrogens (tertiary/aromatic N) is 1. The summed E-state index contributed by atoms with van der Waals surface area (Å²) in [5, 5.41) is 0. The van der Waals surface area contributed by atoms with Gasteiger partial charge < -0.3 is 9.30 Å². The molecule has 0 radical (unpaired) electrons. The van der Waals surface area contributed by atoms with Crippen molar-refractivity contribution < 1.29 is 4.74 Å². The molecule has 1 atom stereocenters. The Morgan fingerprint density at radius 3 is 2.60 bits per heavy atom. The van der Waals surface area contributed by atoms with Crippen LogP contribution in [-0.4, -0.2) is 11.7 Å². The molecule has 1 heterocycles. The SMILES string of the molecule is COc1ccc(C2(c3cccn3C)C=Cc3ccccc3C2)c(C)c1. The van der Waals surface area contributed by atoms with E-state index in [4.69, 9.17) is 4.74 Å². The summed E-state index contributed by atoms with van der Waals surface area (Å²) in [7, 11) is 3.85. The van der Waals surface area contributed by atoms with Crippen molar-refractivity contribution in [2.24, 2.45) is 7.05 Å². The Labute approximate surface area is 149 Å². The fourth-order valence-corrected chi connectivity index (χ4v) is 4.14. The average molecular weight is 329 g/mol. The maximum atomic E-state index is 5.42. The second-order valence-corrected chi connectivity index (χ2v) is 6.87. The summed E-state index contributed by atoms with van der Waals surface area (Å²) in [6.45, 7) is 2.18. The lowest BCUT2D eigenvalue weighted by Gasteiger charge is -2.37. The van der Waals surface area contributed by atoms with Gasteiger partial charge in [-0.3, -0.25) is 0 Å². The van der Waals surface area contributed by atoms with E-state index in [9.17, 15) is 0 Å². The number of hydrogen-bond acceptors (Lipinski definition) is 1. The third kappa shape index (κ3) is 2.49. The molecule has 2 nitrogen and oxygen atoms in total. The van der Waals surface area contributed by atoms with Crippen LogP contribution in [0.5, 0.6) is 5.75 Å². The number of aromatic nitrogens is 1. The standard InChI is InChI=1S/C23H23NO/c1-17-15-20(25-3)10-11-21(17)23(22-9-6-14-24(22)2)13-12-18-7-4-5-8-19(18)16-23/h4-15H,16H2,1-3H3. The summed E-state index contributed by atoms with van der Waals surface area (Å²) in [4.78, 5) is 0. The second kappa shape index (κ2) is 5.96. The molecule has 3 aromatic rings. The number of aryl methyl sites for hydroxylation is 2. The molecule has 0 aliphatic heterocycles. The van der Waals surface area contributed by atoms with Crippen molar-refractivity contribution in [1.82, 2.24) is 4.57 Å². The molecule has 1 unspecified atom stereocenters. The lowest BCUT2D eigenvalue weighted by molar-refractivity contribution is 0.414. The van der Waals surface area contributed by atoms with Gasteiger partial charge in [-0.15, -0.1) is 0 Å². The highest BCUT2D eigenvalue weighted by atomic mass is 16.5. The molecule has 4 rings (SSSR count). The third-order valence-corrected chi connectivity index (χ3v) is 5.39. The van der Waals surface area contributed by atoms with Gasteiger partial charge in [0.2, 0.25) is 0 Å². The summed E-state index contributed by atoms with van der Waals surface area (Å²) >= 11 is 0. The first-order valence-electron chi connectivity index (χ1n) is 8.68. The molecule has 126 valence electrons. The minimum absolute atomic E-state index is 0.164.